The molecule has 3 heterocycles. The number of ether oxygens (including phenoxy) is 2. The normalized spacial score (nSPS) is 11.2. The van der Waals surface area contributed by atoms with E-state index in [9.17, 15) is 14.0 Å². The zero-order valence-electron chi connectivity index (χ0n) is 18.6. The number of aromatic nitrogens is 3. The lowest BCUT2D eigenvalue weighted by molar-refractivity contribution is -0.121. The van der Waals surface area contributed by atoms with Gasteiger partial charge >= 0.3 is 0 Å². The summed E-state index contributed by atoms with van der Waals surface area (Å²) in [4.78, 5) is 33.3. The lowest BCUT2D eigenvalue weighted by Gasteiger charge is -2.11. The minimum atomic E-state index is -0.725. The topological polar surface area (TPSA) is 143 Å². The Labute approximate surface area is 194 Å². The van der Waals surface area contributed by atoms with Crippen molar-refractivity contribution in [3.05, 3.63) is 64.7 Å². The molecule has 3 aromatic heterocycles. The zero-order chi connectivity index (χ0) is 24.5. The molecule has 4 N–H and O–H groups in total. The van der Waals surface area contributed by atoms with E-state index in [4.69, 9.17) is 14.9 Å². The Kier molecular flexibility index (Phi) is 8.24. The molecule has 0 bridgehead atoms. The molecule has 34 heavy (non-hydrogen) atoms. The monoisotopic (exact) mass is 469 g/mol. The van der Waals surface area contributed by atoms with Gasteiger partial charge < -0.3 is 24.8 Å². The number of amides is 1. The van der Waals surface area contributed by atoms with Gasteiger partial charge in [0.25, 0.3) is 11.5 Å². The van der Waals surface area contributed by atoms with Gasteiger partial charge in [0.1, 0.15) is 18.9 Å². The smallest absolute Gasteiger partial charge is 0.260 e. The van der Waals surface area contributed by atoms with E-state index in [2.05, 4.69) is 26.1 Å². The van der Waals surface area contributed by atoms with Crippen LogP contribution in [0.4, 0.5) is 10.2 Å². The number of nitrogens with one attached hydrogen (secondary N) is 4. The van der Waals surface area contributed by atoms with Gasteiger partial charge in [-0.25, -0.2) is 9.37 Å². The number of allylic oxidation sites excluding steroid dienone is 1. The number of carbonyl (C=O) groups excluding carboxylic acids is 1. The fraction of sp³-hybridized carbons (Fsp3) is 0.227. The Balaban J connectivity index is 1.68. The van der Waals surface area contributed by atoms with E-state index in [1.165, 1.54) is 35.4 Å². The highest BCUT2D eigenvalue weighted by Gasteiger charge is 2.11. The number of carbonyl (C=O) groups is 1. The molecule has 0 fully saturated rings. The maximum atomic E-state index is 14.4. The Hall–Kier alpha value is -4.32. The van der Waals surface area contributed by atoms with Crippen LogP contribution in [0.15, 0.2) is 47.8 Å². The predicted octanol–water partition coefficient (Wildman–Crippen LogP) is 1.31. The molecule has 0 atom stereocenters. The number of halogens is 1. The molecule has 12 heteroatoms. The van der Waals surface area contributed by atoms with E-state index in [0.717, 1.165) is 6.21 Å². The summed E-state index contributed by atoms with van der Waals surface area (Å²) in [6, 6.07) is 4.34. The summed E-state index contributed by atoms with van der Waals surface area (Å²) in [5.74, 6) is -1.12. The highest BCUT2D eigenvalue weighted by molar-refractivity contribution is 6.08. The molecule has 0 aliphatic heterocycles. The highest BCUT2D eigenvalue weighted by Crippen LogP contribution is 2.17. The van der Waals surface area contributed by atoms with Gasteiger partial charge in [-0.15, -0.1) is 0 Å². The molecule has 0 saturated heterocycles. The van der Waals surface area contributed by atoms with Crippen LogP contribution >= 0.6 is 0 Å². The first-order chi connectivity index (χ1) is 16.5. The second kappa shape index (κ2) is 11.5. The van der Waals surface area contributed by atoms with Crippen molar-refractivity contribution in [3.63, 3.8) is 0 Å². The largest absolute Gasteiger partial charge is 0.490 e. The minimum Gasteiger partial charge on any atom is -0.490 e. The molecule has 0 saturated carbocycles. The van der Waals surface area contributed by atoms with E-state index in [-0.39, 0.29) is 17.7 Å². The molecular weight excluding hydrogens is 445 g/mol. The van der Waals surface area contributed by atoms with Gasteiger partial charge in [-0.1, -0.05) is 0 Å². The van der Waals surface area contributed by atoms with Crippen LogP contribution in [0.25, 0.3) is 16.5 Å². The van der Waals surface area contributed by atoms with Crippen LogP contribution in [-0.2, 0) is 16.1 Å². The van der Waals surface area contributed by atoms with Crippen molar-refractivity contribution in [1.29, 1.82) is 5.41 Å². The van der Waals surface area contributed by atoms with Gasteiger partial charge in [-0.05, 0) is 18.2 Å². The van der Waals surface area contributed by atoms with Crippen molar-refractivity contribution < 1.29 is 18.7 Å². The molecule has 0 spiro atoms. The summed E-state index contributed by atoms with van der Waals surface area (Å²) in [7, 11) is 3.21. The molecule has 0 aliphatic rings. The number of anilines is 1. The molecule has 0 unspecified atom stereocenters. The molecular formula is C22H24FN7O4. The number of rotatable bonds is 11. The van der Waals surface area contributed by atoms with Crippen molar-refractivity contribution in [2.75, 3.05) is 32.8 Å². The van der Waals surface area contributed by atoms with Crippen LogP contribution in [0.5, 0.6) is 5.75 Å². The fourth-order valence-corrected chi connectivity index (χ4v) is 2.96. The summed E-state index contributed by atoms with van der Waals surface area (Å²) in [5.41, 5.74) is 5.58. The third-order valence-corrected chi connectivity index (χ3v) is 4.62. The second-order valence-electron chi connectivity index (χ2n) is 6.95. The molecule has 3 rings (SSSR count). The van der Waals surface area contributed by atoms with Gasteiger partial charge in [-0.3, -0.25) is 25.4 Å². The van der Waals surface area contributed by atoms with Crippen molar-refractivity contribution in [1.82, 2.24) is 25.3 Å². The van der Waals surface area contributed by atoms with Crippen LogP contribution in [0.3, 0.4) is 0 Å². The van der Waals surface area contributed by atoms with E-state index < -0.39 is 17.3 Å². The minimum absolute atomic E-state index is 0.209. The molecule has 1 amide bonds. The number of nitrogens with zero attached hydrogens (tertiary/aromatic N) is 3. The van der Waals surface area contributed by atoms with E-state index >= 15 is 0 Å². The summed E-state index contributed by atoms with van der Waals surface area (Å²) in [6.07, 6.45) is 6.91. The summed E-state index contributed by atoms with van der Waals surface area (Å²) >= 11 is 0. The maximum Gasteiger partial charge on any atom is 0.260 e. The Morgan fingerprint density at radius 2 is 2.09 bits per heavy atom. The molecule has 0 aromatic carbocycles. The molecule has 0 radical (unpaired) electrons. The van der Waals surface area contributed by atoms with Gasteiger partial charge in [0, 0.05) is 50.1 Å². The van der Waals surface area contributed by atoms with Crippen LogP contribution in [-0.4, -0.2) is 54.0 Å². The first-order valence-electron chi connectivity index (χ1n) is 10.2. The summed E-state index contributed by atoms with van der Waals surface area (Å²) in [6.45, 7) is 0.372. The average molecular weight is 469 g/mol. The van der Waals surface area contributed by atoms with E-state index in [1.54, 1.807) is 26.3 Å². The van der Waals surface area contributed by atoms with Crippen molar-refractivity contribution in [2.45, 2.75) is 6.54 Å². The number of fused-ring (bicyclic) bond motifs is 1. The van der Waals surface area contributed by atoms with Crippen LogP contribution < -0.4 is 26.5 Å². The van der Waals surface area contributed by atoms with Crippen molar-refractivity contribution in [2.24, 2.45) is 0 Å². The number of methoxy groups -OCH3 is 1. The highest BCUT2D eigenvalue weighted by atomic mass is 19.1. The first-order valence-corrected chi connectivity index (χ1v) is 10.2. The molecule has 0 aliphatic carbocycles. The quantitative estimate of drug-likeness (QED) is 0.187. The second-order valence-corrected chi connectivity index (χ2v) is 6.95. The third-order valence-electron chi connectivity index (χ3n) is 4.62. The van der Waals surface area contributed by atoms with Gasteiger partial charge in [0.05, 0.1) is 23.7 Å². The van der Waals surface area contributed by atoms with E-state index in [0.29, 0.717) is 35.6 Å². The lowest BCUT2D eigenvalue weighted by Crippen LogP contribution is -2.36. The van der Waals surface area contributed by atoms with Crippen LogP contribution in [0.2, 0.25) is 0 Å². The number of pyridine rings is 3. The molecule has 178 valence electrons. The standard InChI is InChI=1S/C22H24FN7O4/c1-25-10-15(9-24)14-7-18(23)21(27-11-14)29-28-20(31)13-30-4-3-19-17(22(30)32)8-16(12-26-19)34-6-5-33-2/h3-4,7-12,24-25H,5-6,13H2,1-2H3,(H,27,29)(H,28,31)/b15-10+,24-9?. The summed E-state index contributed by atoms with van der Waals surface area (Å²) in [5, 5.41) is 10.4. The number of hydrazine groups is 1. The first kappa shape index (κ1) is 24.3. The molecule has 3 aromatic rings. The van der Waals surface area contributed by atoms with E-state index in [1.807, 2.05) is 0 Å². The SMILES string of the molecule is CN/C=C(\C=N)c1cnc(NNC(=O)Cn2ccc3ncc(OCCOC)cc3c2=O)c(F)c1. The average Bonchev–Trinajstić information content (AvgIpc) is 2.84. The predicted molar refractivity (Wildman–Crippen MR) is 125 cm³/mol. The Bertz CT molecular complexity index is 1280. The zero-order valence-corrected chi connectivity index (χ0v) is 18.6. The Morgan fingerprint density at radius 3 is 2.79 bits per heavy atom. The molecule has 11 nitrogen and oxygen atoms in total. The summed E-state index contributed by atoms with van der Waals surface area (Å²) < 4.78 is 26.0. The fourth-order valence-electron chi connectivity index (χ4n) is 2.96. The number of hydrogen-bond acceptors (Lipinski definition) is 9. The number of hydrogen-bond donors (Lipinski definition) is 4. The van der Waals surface area contributed by atoms with Gasteiger partial charge in [0.15, 0.2) is 11.6 Å². The van der Waals surface area contributed by atoms with Gasteiger partial charge in [0.2, 0.25) is 0 Å². The third kappa shape index (κ3) is 5.92. The van der Waals surface area contributed by atoms with Crippen molar-refractivity contribution >= 4 is 34.4 Å². The van der Waals surface area contributed by atoms with Gasteiger partial charge in [-0.2, -0.15) is 0 Å². The van der Waals surface area contributed by atoms with Crippen LogP contribution in [0.1, 0.15) is 5.56 Å². The lowest BCUT2D eigenvalue weighted by atomic mass is 10.1. The Morgan fingerprint density at radius 1 is 1.26 bits per heavy atom. The van der Waals surface area contributed by atoms with Crippen molar-refractivity contribution in [3.8, 4) is 5.75 Å². The van der Waals surface area contributed by atoms with Crippen LogP contribution in [0, 0.1) is 11.2 Å². The maximum absolute atomic E-state index is 14.4.